The molecular weight excluding hydrogens is 390 g/mol. The first-order valence-electron chi connectivity index (χ1n) is 9.76. The second-order valence-corrected chi connectivity index (χ2v) is 8.87. The van der Waals surface area contributed by atoms with Crippen molar-refractivity contribution >= 4 is 28.9 Å². The molecule has 2 fully saturated rings. The van der Waals surface area contributed by atoms with Gasteiger partial charge in [0, 0.05) is 30.9 Å². The van der Waals surface area contributed by atoms with Gasteiger partial charge in [0.1, 0.15) is 5.82 Å². The molecule has 1 saturated carbocycles. The maximum Gasteiger partial charge on any atom is 0.307 e. The molecule has 0 bridgehead atoms. The van der Waals surface area contributed by atoms with Gasteiger partial charge in [-0.05, 0) is 38.9 Å². The fourth-order valence-corrected chi connectivity index (χ4v) is 4.38. The zero-order valence-corrected chi connectivity index (χ0v) is 17.2. The molecule has 3 aromatic heterocycles. The van der Waals surface area contributed by atoms with E-state index >= 15 is 0 Å². The molecule has 4 heterocycles. The summed E-state index contributed by atoms with van der Waals surface area (Å²) >= 11 is 0.956. The van der Waals surface area contributed by atoms with Gasteiger partial charge in [-0.2, -0.15) is 9.61 Å². The fraction of sp³-hybridized carbons (Fsp3) is 0.474. The molecular formula is C19H23N7O2S. The van der Waals surface area contributed by atoms with Crippen molar-refractivity contribution in [2.75, 3.05) is 32.1 Å². The monoisotopic (exact) mass is 413 g/mol. The Kier molecular flexibility index (Phi) is 4.39. The van der Waals surface area contributed by atoms with Crippen LogP contribution in [0.5, 0.6) is 5.88 Å². The van der Waals surface area contributed by atoms with E-state index < -0.39 is 0 Å². The van der Waals surface area contributed by atoms with E-state index in [1.54, 1.807) is 16.8 Å². The third kappa shape index (κ3) is 3.53. The van der Waals surface area contributed by atoms with E-state index in [0.29, 0.717) is 22.6 Å². The number of aromatic amines is 1. The van der Waals surface area contributed by atoms with Crippen LogP contribution in [0.3, 0.4) is 0 Å². The maximum atomic E-state index is 11.5. The van der Waals surface area contributed by atoms with Crippen LogP contribution in [0.15, 0.2) is 22.1 Å². The van der Waals surface area contributed by atoms with E-state index in [0.717, 1.165) is 60.2 Å². The van der Waals surface area contributed by atoms with E-state index in [1.165, 1.54) is 0 Å². The Labute approximate surface area is 170 Å². The Morgan fingerprint density at radius 1 is 1.41 bits per heavy atom. The predicted octanol–water partition coefficient (Wildman–Crippen LogP) is -0.0642. The van der Waals surface area contributed by atoms with Gasteiger partial charge < -0.3 is 14.9 Å². The molecule has 0 amide bonds. The number of nitrogens with zero attached hydrogens (tertiary/aromatic N) is 6. The summed E-state index contributed by atoms with van der Waals surface area (Å²) in [5, 5.41) is 15.2. The molecule has 0 spiro atoms. The number of thiazole rings is 1. The summed E-state index contributed by atoms with van der Waals surface area (Å²) in [7, 11) is 4.21. The predicted molar refractivity (Wildman–Crippen MR) is 111 cm³/mol. The molecule has 1 aliphatic carbocycles. The summed E-state index contributed by atoms with van der Waals surface area (Å²) in [4.78, 5) is 28.3. The number of aromatic nitrogens is 4. The van der Waals surface area contributed by atoms with Crippen molar-refractivity contribution in [1.29, 1.82) is 0 Å². The molecule has 3 aromatic rings. The number of fused-ring (bicyclic) bond motifs is 1. The number of likely N-dealkylation sites (tertiary alicyclic amines) is 1. The summed E-state index contributed by atoms with van der Waals surface area (Å²) in [6, 6.07) is 2.76. The third-order valence-corrected chi connectivity index (χ3v) is 6.37. The van der Waals surface area contributed by atoms with E-state index in [1.807, 2.05) is 6.07 Å². The van der Waals surface area contributed by atoms with Crippen LogP contribution in [-0.2, 0) is 0 Å². The molecule has 1 aliphatic heterocycles. The summed E-state index contributed by atoms with van der Waals surface area (Å²) in [5.41, 5.74) is 1.46. The SMILES string of the molecule is CN1CCC(N(C)c2cc(=NC3CC3)n3nc/c(=C\c4sc(=O)[nH]c4O)c3n2)C1. The van der Waals surface area contributed by atoms with Crippen LogP contribution in [0.2, 0.25) is 0 Å². The number of rotatable bonds is 4. The van der Waals surface area contributed by atoms with Gasteiger partial charge >= 0.3 is 4.87 Å². The van der Waals surface area contributed by atoms with Crippen molar-refractivity contribution in [2.24, 2.45) is 4.99 Å². The largest absolute Gasteiger partial charge is 0.493 e. The van der Waals surface area contributed by atoms with Crippen LogP contribution >= 0.6 is 11.3 Å². The van der Waals surface area contributed by atoms with Gasteiger partial charge in [-0.3, -0.25) is 14.8 Å². The topological polar surface area (TPSA) is 102 Å². The van der Waals surface area contributed by atoms with Crippen molar-refractivity contribution in [3.8, 4) is 5.88 Å². The van der Waals surface area contributed by atoms with Crippen LogP contribution < -0.4 is 20.5 Å². The van der Waals surface area contributed by atoms with Crippen molar-refractivity contribution in [1.82, 2.24) is 24.5 Å². The summed E-state index contributed by atoms with van der Waals surface area (Å²) in [6.45, 7) is 2.08. The van der Waals surface area contributed by atoms with E-state index in [-0.39, 0.29) is 10.8 Å². The molecule has 10 heteroatoms. The van der Waals surface area contributed by atoms with Gasteiger partial charge in [0.2, 0.25) is 5.88 Å². The van der Waals surface area contributed by atoms with Crippen LogP contribution in [0.4, 0.5) is 5.82 Å². The normalized spacial score (nSPS) is 21.5. The third-order valence-electron chi connectivity index (χ3n) is 5.55. The van der Waals surface area contributed by atoms with Gasteiger partial charge in [-0.1, -0.05) is 11.3 Å². The fourth-order valence-electron chi connectivity index (χ4n) is 3.70. The van der Waals surface area contributed by atoms with Gasteiger partial charge in [0.05, 0.1) is 17.1 Å². The van der Waals surface area contributed by atoms with E-state index in [2.05, 4.69) is 34.0 Å². The van der Waals surface area contributed by atoms with Crippen molar-refractivity contribution in [3.63, 3.8) is 0 Å². The van der Waals surface area contributed by atoms with Gasteiger partial charge in [-0.15, -0.1) is 0 Å². The average molecular weight is 414 g/mol. The highest BCUT2D eigenvalue weighted by Crippen LogP contribution is 2.23. The molecule has 29 heavy (non-hydrogen) atoms. The van der Waals surface area contributed by atoms with Gasteiger partial charge in [0.15, 0.2) is 11.1 Å². The Morgan fingerprint density at radius 2 is 2.24 bits per heavy atom. The molecule has 0 radical (unpaired) electrons. The number of hydrogen-bond donors (Lipinski definition) is 2. The molecule has 9 nitrogen and oxygen atoms in total. The average Bonchev–Trinajstić information content (AvgIpc) is 3.09. The first-order valence-corrected chi connectivity index (χ1v) is 10.6. The quantitative estimate of drug-likeness (QED) is 0.621. The Morgan fingerprint density at radius 3 is 2.90 bits per heavy atom. The highest BCUT2D eigenvalue weighted by atomic mass is 32.1. The Bertz CT molecular complexity index is 1240. The van der Waals surface area contributed by atoms with Gasteiger partial charge in [0.25, 0.3) is 0 Å². The Hall–Kier alpha value is -2.72. The van der Waals surface area contributed by atoms with Crippen molar-refractivity contribution in [3.05, 3.63) is 37.5 Å². The van der Waals surface area contributed by atoms with Crippen molar-refractivity contribution < 1.29 is 5.11 Å². The van der Waals surface area contributed by atoms with Crippen LogP contribution in [-0.4, -0.2) is 68.9 Å². The highest BCUT2D eigenvalue weighted by Gasteiger charge is 2.25. The van der Waals surface area contributed by atoms with Crippen LogP contribution in [0, 0.1) is 0 Å². The number of nitrogens with one attached hydrogen (secondary N) is 1. The molecule has 0 aromatic carbocycles. The summed E-state index contributed by atoms with van der Waals surface area (Å²) in [6.07, 6.45) is 6.74. The maximum absolute atomic E-state index is 11.5. The first-order chi connectivity index (χ1) is 14.0. The number of likely N-dealkylation sites (N-methyl/N-ethyl adjacent to an activating group) is 2. The second-order valence-electron chi connectivity index (χ2n) is 7.86. The molecule has 2 N–H and O–H groups in total. The molecule has 1 saturated heterocycles. The lowest BCUT2D eigenvalue weighted by Crippen LogP contribution is -2.35. The minimum atomic E-state index is -0.298. The van der Waals surface area contributed by atoms with E-state index in [9.17, 15) is 9.90 Å². The van der Waals surface area contributed by atoms with Crippen molar-refractivity contribution in [2.45, 2.75) is 31.3 Å². The second kappa shape index (κ2) is 6.96. The van der Waals surface area contributed by atoms with E-state index in [4.69, 9.17) is 9.98 Å². The number of hydrogen-bond acceptors (Lipinski definition) is 8. The standard InChI is InChI=1S/C19H23N7O2S/c1-24-6-5-13(10-24)25(2)15-8-16(21-12-3-4-12)26-17(22-15)11(9-20-26)7-14-18(27)23-19(28)29-14/h7-9,12-13,27H,3-6,10H2,1-2H3,(H,23,28)/b11-7+,21-16?. The van der Waals surface area contributed by atoms with Crippen LogP contribution in [0.1, 0.15) is 24.1 Å². The lowest BCUT2D eigenvalue weighted by atomic mass is 10.2. The number of aromatic hydroxyl groups is 1. The lowest BCUT2D eigenvalue weighted by Gasteiger charge is -2.25. The minimum absolute atomic E-state index is 0.135. The minimum Gasteiger partial charge on any atom is -0.493 e. The smallest absolute Gasteiger partial charge is 0.307 e. The van der Waals surface area contributed by atoms with Gasteiger partial charge in [-0.25, -0.2) is 4.98 Å². The zero-order valence-electron chi connectivity index (χ0n) is 16.4. The molecule has 1 atom stereocenters. The summed E-state index contributed by atoms with van der Waals surface area (Å²) in [5.74, 6) is 0.725. The molecule has 1 unspecified atom stereocenters. The lowest BCUT2D eigenvalue weighted by molar-refractivity contribution is 0.409. The zero-order chi connectivity index (χ0) is 20.1. The Balaban J connectivity index is 1.67. The highest BCUT2D eigenvalue weighted by molar-refractivity contribution is 7.10. The number of H-pyrrole nitrogens is 1. The molecule has 5 rings (SSSR count). The summed E-state index contributed by atoms with van der Waals surface area (Å²) < 4.78 is 1.74. The molecule has 152 valence electrons. The van der Waals surface area contributed by atoms with Crippen LogP contribution in [0.25, 0.3) is 11.7 Å². The molecule has 2 aliphatic rings. The number of anilines is 1. The first kappa shape index (κ1) is 18.3.